The van der Waals surface area contributed by atoms with E-state index in [0.29, 0.717) is 0 Å². The molecular formula is C8H12O5. The fraction of sp³-hybridized carbons (Fsp3) is 0.375. The van der Waals surface area contributed by atoms with Crippen LogP contribution < -0.4 is 5.63 Å². The first kappa shape index (κ1) is 11.8. The van der Waals surface area contributed by atoms with Crippen LogP contribution in [0, 0.1) is 0 Å². The van der Waals surface area contributed by atoms with Gasteiger partial charge < -0.3 is 19.7 Å². The van der Waals surface area contributed by atoms with E-state index in [1.165, 1.54) is 12.3 Å². The molecule has 0 unspecified atom stereocenters. The molecule has 3 N–H and O–H groups in total. The minimum atomic E-state index is -0.954. The highest BCUT2D eigenvalue weighted by atomic mass is 16.4. The molecule has 13 heavy (non-hydrogen) atoms. The van der Waals surface area contributed by atoms with Gasteiger partial charge in [-0.1, -0.05) is 6.07 Å². The largest absolute Gasteiger partial charge is 0.431 e. The summed E-state index contributed by atoms with van der Waals surface area (Å²) in [4.78, 5) is 10.1. The molecule has 74 valence electrons. The third kappa shape index (κ3) is 7.20. The molecule has 0 spiro atoms. The van der Waals surface area contributed by atoms with Crippen LogP contribution in [0.25, 0.3) is 0 Å². The molecule has 0 fully saturated rings. The zero-order valence-corrected chi connectivity index (χ0v) is 6.96. The lowest BCUT2D eigenvalue weighted by Crippen LogP contribution is -2.15. The number of hydrogen-bond acceptors (Lipinski definition) is 5. The molecule has 0 radical (unpaired) electrons. The highest BCUT2D eigenvalue weighted by Gasteiger charge is 1.93. The number of hydrogen-bond donors (Lipinski definition) is 3. The van der Waals surface area contributed by atoms with Crippen molar-refractivity contribution in [3.05, 3.63) is 34.9 Å². The Labute approximate surface area is 74.9 Å². The lowest BCUT2D eigenvalue weighted by atomic mass is 10.4. The molecule has 0 amide bonds. The molecule has 0 saturated heterocycles. The summed E-state index contributed by atoms with van der Waals surface area (Å²) < 4.78 is 4.37. The summed E-state index contributed by atoms with van der Waals surface area (Å²) in [7, 11) is 0. The van der Waals surface area contributed by atoms with Crippen molar-refractivity contribution in [1.82, 2.24) is 0 Å². The van der Waals surface area contributed by atoms with Crippen LogP contribution in [-0.2, 0) is 0 Å². The van der Waals surface area contributed by atoms with Crippen molar-refractivity contribution in [3.63, 3.8) is 0 Å². The van der Waals surface area contributed by atoms with E-state index in [2.05, 4.69) is 4.42 Å². The molecule has 0 aliphatic rings. The molecule has 1 rings (SSSR count). The summed E-state index contributed by atoms with van der Waals surface area (Å²) in [6.45, 7) is -0.729. The summed E-state index contributed by atoms with van der Waals surface area (Å²) in [6, 6.07) is 4.65. The van der Waals surface area contributed by atoms with Crippen molar-refractivity contribution in [2.45, 2.75) is 6.10 Å². The molecule has 0 bridgehead atoms. The molecular weight excluding hydrogens is 176 g/mol. The Bertz CT molecular complexity index is 235. The van der Waals surface area contributed by atoms with Crippen LogP contribution in [0.15, 0.2) is 33.7 Å². The molecule has 1 heterocycles. The maximum absolute atomic E-state index is 10.1. The fourth-order valence-corrected chi connectivity index (χ4v) is 0.383. The summed E-state index contributed by atoms with van der Waals surface area (Å²) in [5.41, 5.74) is -0.303. The Hall–Kier alpha value is -1.17. The topological polar surface area (TPSA) is 90.9 Å². The Morgan fingerprint density at radius 1 is 1.31 bits per heavy atom. The third-order valence-electron chi connectivity index (χ3n) is 1.03. The first-order valence-corrected chi connectivity index (χ1v) is 3.64. The molecule has 0 aromatic carbocycles. The van der Waals surface area contributed by atoms with Gasteiger partial charge in [0.1, 0.15) is 6.10 Å². The van der Waals surface area contributed by atoms with Crippen LogP contribution in [-0.4, -0.2) is 34.6 Å². The Morgan fingerprint density at radius 2 is 1.92 bits per heavy atom. The molecule has 0 atom stereocenters. The van der Waals surface area contributed by atoms with Crippen LogP contribution in [0.1, 0.15) is 0 Å². The van der Waals surface area contributed by atoms with Gasteiger partial charge in [-0.15, -0.1) is 0 Å². The molecule has 0 aliphatic heterocycles. The summed E-state index contributed by atoms with van der Waals surface area (Å²) >= 11 is 0. The van der Waals surface area contributed by atoms with Gasteiger partial charge in [-0.2, -0.15) is 0 Å². The highest BCUT2D eigenvalue weighted by Crippen LogP contribution is 1.72. The SMILES string of the molecule is O=c1cccco1.OCC(O)CO. The second-order valence-corrected chi connectivity index (χ2v) is 2.14. The summed E-state index contributed by atoms with van der Waals surface area (Å²) in [5.74, 6) is 0. The number of aliphatic hydroxyl groups excluding tert-OH is 3. The van der Waals surface area contributed by atoms with E-state index >= 15 is 0 Å². The second-order valence-electron chi connectivity index (χ2n) is 2.14. The van der Waals surface area contributed by atoms with Gasteiger partial charge in [0.15, 0.2) is 0 Å². The monoisotopic (exact) mass is 188 g/mol. The first-order chi connectivity index (χ1) is 6.20. The maximum atomic E-state index is 10.1. The summed E-state index contributed by atoms with van der Waals surface area (Å²) in [6.07, 6.45) is 0.396. The van der Waals surface area contributed by atoms with Gasteiger partial charge in [0, 0.05) is 6.07 Å². The maximum Gasteiger partial charge on any atom is 0.335 e. The van der Waals surface area contributed by atoms with E-state index in [1.807, 2.05) is 0 Å². The zero-order chi connectivity index (χ0) is 10.1. The van der Waals surface area contributed by atoms with E-state index < -0.39 is 6.10 Å². The normalized spacial score (nSPS) is 9.23. The fourth-order valence-electron chi connectivity index (χ4n) is 0.383. The van der Waals surface area contributed by atoms with Gasteiger partial charge in [0.2, 0.25) is 0 Å². The van der Waals surface area contributed by atoms with Crippen molar-refractivity contribution in [2.75, 3.05) is 13.2 Å². The molecule has 1 aromatic heterocycles. The zero-order valence-electron chi connectivity index (χ0n) is 6.96. The number of aliphatic hydroxyl groups is 3. The Kier molecular flexibility index (Phi) is 6.80. The minimum absolute atomic E-state index is 0.303. The van der Waals surface area contributed by atoms with Crippen molar-refractivity contribution in [1.29, 1.82) is 0 Å². The molecule has 5 heteroatoms. The van der Waals surface area contributed by atoms with Gasteiger partial charge in [-0.3, -0.25) is 0 Å². The van der Waals surface area contributed by atoms with Gasteiger partial charge in [0.05, 0.1) is 19.5 Å². The van der Waals surface area contributed by atoms with Crippen molar-refractivity contribution in [3.8, 4) is 0 Å². The highest BCUT2D eigenvalue weighted by molar-refractivity contribution is 4.85. The second kappa shape index (κ2) is 7.48. The van der Waals surface area contributed by atoms with Crippen LogP contribution in [0.2, 0.25) is 0 Å². The first-order valence-electron chi connectivity index (χ1n) is 3.64. The average molecular weight is 188 g/mol. The van der Waals surface area contributed by atoms with Crippen molar-refractivity contribution >= 4 is 0 Å². The quantitative estimate of drug-likeness (QED) is 0.552. The van der Waals surface area contributed by atoms with Crippen LogP contribution in [0.3, 0.4) is 0 Å². The smallest absolute Gasteiger partial charge is 0.335 e. The van der Waals surface area contributed by atoms with Crippen LogP contribution in [0.4, 0.5) is 0 Å². The van der Waals surface area contributed by atoms with Gasteiger partial charge in [0.25, 0.3) is 0 Å². The lowest BCUT2D eigenvalue weighted by molar-refractivity contribution is 0.0450. The lowest BCUT2D eigenvalue weighted by Gasteiger charge is -1.96. The van der Waals surface area contributed by atoms with E-state index in [1.54, 1.807) is 12.1 Å². The minimum Gasteiger partial charge on any atom is -0.431 e. The molecule has 0 saturated carbocycles. The molecule has 0 aliphatic carbocycles. The van der Waals surface area contributed by atoms with Gasteiger partial charge in [-0.25, -0.2) is 4.79 Å². The predicted molar refractivity (Wildman–Crippen MR) is 45.2 cm³/mol. The standard InChI is InChI=1S/C5H4O2.C3H8O3/c6-5-3-1-2-4-7-5;4-1-3(6)2-5/h1-4H;3-6H,1-2H2. The molecule has 1 aromatic rings. The predicted octanol–water partition coefficient (Wildman–Crippen LogP) is -1.03. The van der Waals surface area contributed by atoms with Crippen LogP contribution >= 0.6 is 0 Å². The van der Waals surface area contributed by atoms with Crippen molar-refractivity contribution < 1.29 is 19.7 Å². The third-order valence-corrected chi connectivity index (χ3v) is 1.03. The van der Waals surface area contributed by atoms with E-state index in [4.69, 9.17) is 15.3 Å². The Balaban J connectivity index is 0.000000226. The number of rotatable bonds is 2. The van der Waals surface area contributed by atoms with Crippen molar-refractivity contribution in [2.24, 2.45) is 0 Å². The summed E-state index contributed by atoms with van der Waals surface area (Å²) in [5, 5.41) is 24.0. The van der Waals surface area contributed by atoms with Gasteiger partial charge >= 0.3 is 5.63 Å². The van der Waals surface area contributed by atoms with E-state index in [9.17, 15) is 4.79 Å². The Morgan fingerprint density at radius 3 is 2.08 bits per heavy atom. The van der Waals surface area contributed by atoms with E-state index in [0.717, 1.165) is 0 Å². The molecule has 5 nitrogen and oxygen atoms in total. The average Bonchev–Trinajstić information content (AvgIpc) is 2.19. The van der Waals surface area contributed by atoms with Gasteiger partial charge in [-0.05, 0) is 6.07 Å². The van der Waals surface area contributed by atoms with Crippen LogP contribution in [0.5, 0.6) is 0 Å². The van der Waals surface area contributed by atoms with E-state index in [-0.39, 0.29) is 18.8 Å².